The second-order valence-corrected chi connectivity index (χ2v) is 3.98. The van der Waals surface area contributed by atoms with E-state index in [9.17, 15) is 9.59 Å². The van der Waals surface area contributed by atoms with Crippen molar-refractivity contribution >= 4 is 23.1 Å². The third-order valence-corrected chi connectivity index (χ3v) is 2.80. The van der Waals surface area contributed by atoms with Crippen LogP contribution in [0.1, 0.15) is 20.3 Å². The van der Waals surface area contributed by atoms with E-state index in [2.05, 4.69) is 5.10 Å². The molecule has 0 aliphatic carbocycles. The van der Waals surface area contributed by atoms with Gasteiger partial charge in [0, 0.05) is 6.42 Å². The number of nitrogens with zero attached hydrogens (tertiary/aromatic N) is 2. The van der Waals surface area contributed by atoms with Gasteiger partial charge in [-0.1, -0.05) is 25.1 Å². The van der Waals surface area contributed by atoms with Gasteiger partial charge < -0.3 is 0 Å². The molecule has 17 heavy (non-hydrogen) atoms. The SMILES string of the molecule is CCC(=O)[C@H]1C(=O)N(c2ccccc2)N=C1C. The quantitative estimate of drug-likeness (QED) is 0.746. The molecule has 1 aromatic carbocycles. The number of Topliss-reactive ketones (excluding diaryl/α,β-unsaturated/α-hetero) is 1. The van der Waals surface area contributed by atoms with E-state index in [0.29, 0.717) is 17.8 Å². The molecule has 0 saturated carbocycles. The van der Waals surface area contributed by atoms with Crippen LogP contribution in [0.25, 0.3) is 0 Å². The van der Waals surface area contributed by atoms with E-state index in [1.807, 2.05) is 18.2 Å². The molecule has 4 nitrogen and oxygen atoms in total. The Kier molecular flexibility index (Phi) is 3.04. The van der Waals surface area contributed by atoms with Crippen LogP contribution in [0.5, 0.6) is 0 Å². The number of ketones is 1. The molecule has 0 saturated heterocycles. The van der Waals surface area contributed by atoms with Crippen LogP contribution in [-0.2, 0) is 9.59 Å². The lowest BCUT2D eigenvalue weighted by atomic mass is 9.97. The molecule has 88 valence electrons. The molecule has 0 spiro atoms. The van der Waals surface area contributed by atoms with Crippen molar-refractivity contribution in [3.63, 3.8) is 0 Å². The molecule has 1 atom stereocenters. The summed E-state index contributed by atoms with van der Waals surface area (Å²) in [7, 11) is 0. The summed E-state index contributed by atoms with van der Waals surface area (Å²) in [6, 6.07) is 9.14. The van der Waals surface area contributed by atoms with Crippen molar-refractivity contribution < 1.29 is 9.59 Å². The van der Waals surface area contributed by atoms with Gasteiger partial charge in [0.25, 0.3) is 5.91 Å². The molecule has 0 aromatic heterocycles. The highest BCUT2D eigenvalue weighted by atomic mass is 16.2. The highest BCUT2D eigenvalue weighted by Crippen LogP contribution is 2.24. The maximum atomic E-state index is 12.1. The van der Waals surface area contributed by atoms with Crippen molar-refractivity contribution in [3.05, 3.63) is 30.3 Å². The highest BCUT2D eigenvalue weighted by molar-refractivity contribution is 6.26. The predicted octanol–water partition coefficient (Wildman–Crippen LogP) is 2.00. The zero-order valence-corrected chi connectivity index (χ0v) is 9.88. The second kappa shape index (κ2) is 4.49. The van der Waals surface area contributed by atoms with Crippen molar-refractivity contribution in [2.24, 2.45) is 11.0 Å². The second-order valence-electron chi connectivity index (χ2n) is 3.98. The summed E-state index contributed by atoms with van der Waals surface area (Å²) < 4.78 is 0. The van der Waals surface area contributed by atoms with Crippen molar-refractivity contribution in [1.29, 1.82) is 0 Å². The topological polar surface area (TPSA) is 49.7 Å². The van der Waals surface area contributed by atoms with Crippen LogP contribution in [0.15, 0.2) is 35.4 Å². The molecule has 0 radical (unpaired) electrons. The number of carbonyl (C=O) groups excluding carboxylic acids is 2. The lowest BCUT2D eigenvalue weighted by Gasteiger charge is -2.13. The molecule has 0 fully saturated rings. The van der Waals surface area contributed by atoms with Gasteiger partial charge in [0.2, 0.25) is 0 Å². The van der Waals surface area contributed by atoms with Gasteiger partial charge in [-0.3, -0.25) is 9.59 Å². The van der Waals surface area contributed by atoms with E-state index in [-0.39, 0.29) is 11.7 Å². The van der Waals surface area contributed by atoms with Crippen LogP contribution in [0.2, 0.25) is 0 Å². The normalized spacial score (nSPS) is 19.4. The van der Waals surface area contributed by atoms with Gasteiger partial charge >= 0.3 is 0 Å². The first kappa shape index (κ1) is 11.5. The van der Waals surface area contributed by atoms with Crippen LogP contribution >= 0.6 is 0 Å². The van der Waals surface area contributed by atoms with E-state index in [1.165, 1.54) is 5.01 Å². The Labute approximate surface area is 99.9 Å². The number of anilines is 1. The molecule has 0 N–H and O–H groups in total. The first-order valence-corrected chi connectivity index (χ1v) is 5.62. The number of hydrogen-bond donors (Lipinski definition) is 0. The van der Waals surface area contributed by atoms with E-state index < -0.39 is 5.92 Å². The Hall–Kier alpha value is -1.97. The third-order valence-electron chi connectivity index (χ3n) is 2.80. The Morgan fingerprint density at radius 3 is 2.59 bits per heavy atom. The average Bonchev–Trinajstić information content (AvgIpc) is 2.65. The molecule has 1 aromatic rings. The van der Waals surface area contributed by atoms with E-state index in [1.54, 1.807) is 26.0 Å². The maximum absolute atomic E-state index is 12.1. The largest absolute Gasteiger partial charge is 0.298 e. The number of hydrazone groups is 1. The summed E-state index contributed by atoms with van der Waals surface area (Å²) in [5, 5.41) is 5.48. The van der Waals surface area contributed by atoms with Gasteiger partial charge in [-0.05, 0) is 19.1 Å². The van der Waals surface area contributed by atoms with Crippen molar-refractivity contribution in [2.75, 3.05) is 5.01 Å². The minimum atomic E-state index is -0.694. The average molecular weight is 230 g/mol. The fourth-order valence-corrected chi connectivity index (χ4v) is 1.89. The Morgan fingerprint density at radius 2 is 2.00 bits per heavy atom. The van der Waals surface area contributed by atoms with Crippen molar-refractivity contribution in [3.8, 4) is 0 Å². The van der Waals surface area contributed by atoms with Gasteiger partial charge in [0.1, 0.15) is 5.92 Å². The molecule has 1 heterocycles. The van der Waals surface area contributed by atoms with Crippen molar-refractivity contribution in [1.82, 2.24) is 0 Å². The number of para-hydroxylation sites is 1. The van der Waals surface area contributed by atoms with Crippen molar-refractivity contribution in [2.45, 2.75) is 20.3 Å². The molecular formula is C13H14N2O2. The summed E-state index contributed by atoms with van der Waals surface area (Å²) in [6.45, 7) is 3.48. The summed E-state index contributed by atoms with van der Waals surface area (Å²) in [4.78, 5) is 23.8. The highest BCUT2D eigenvalue weighted by Gasteiger charge is 2.38. The van der Waals surface area contributed by atoms with Gasteiger partial charge in [0.15, 0.2) is 5.78 Å². The van der Waals surface area contributed by atoms with Crippen LogP contribution < -0.4 is 5.01 Å². The fourth-order valence-electron chi connectivity index (χ4n) is 1.89. The van der Waals surface area contributed by atoms with Gasteiger partial charge in [-0.15, -0.1) is 0 Å². The smallest absolute Gasteiger partial charge is 0.263 e. The van der Waals surface area contributed by atoms with Crippen LogP contribution in [0.3, 0.4) is 0 Å². The number of rotatable bonds is 3. The summed E-state index contributed by atoms with van der Waals surface area (Å²) in [6.07, 6.45) is 0.353. The fraction of sp³-hybridized carbons (Fsp3) is 0.308. The van der Waals surface area contributed by atoms with E-state index in [0.717, 1.165) is 0 Å². The monoisotopic (exact) mass is 230 g/mol. The minimum absolute atomic E-state index is 0.0744. The molecule has 1 aliphatic rings. The molecule has 2 rings (SSSR count). The zero-order valence-electron chi connectivity index (χ0n) is 9.88. The van der Waals surface area contributed by atoms with Gasteiger partial charge in [-0.25, -0.2) is 0 Å². The predicted molar refractivity (Wildman–Crippen MR) is 65.8 cm³/mol. The minimum Gasteiger partial charge on any atom is -0.298 e. The van der Waals surface area contributed by atoms with Gasteiger partial charge in [-0.2, -0.15) is 10.1 Å². The van der Waals surface area contributed by atoms with Crippen LogP contribution in [0, 0.1) is 5.92 Å². The lowest BCUT2D eigenvalue weighted by Crippen LogP contribution is -2.32. The molecule has 4 heteroatoms. The number of hydrogen-bond acceptors (Lipinski definition) is 3. The molecular weight excluding hydrogens is 216 g/mol. The zero-order chi connectivity index (χ0) is 12.4. The number of carbonyl (C=O) groups is 2. The van der Waals surface area contributed by atoms with Crippen LogP contribution in [0.4, 0.5) is 5.69 Å². The molecule has 1 amide bonds. The Morgan fingerprint density at radius 1 is 1.35 bits per heavy atom. The third kappa shape index (κ3) is 1.98. The summed E-state index contributed by atoms with van der Waals surface area (Å²) in [5.74, 6) is -1.02. The van der Waals surface area contributed by atoms with E-state index >= 15 is 0 Å². The summed E-state index contributed by atoms with van der Waals surface area (Å²) >= 11 is 0. The molecule has 0 unspecified atom stereocenters. The summed E-state index contributed by atoms with van der Waals surface area (Å²) in [5.41, 5.74) is 1.27. The van der Waals surface area contributed by atoms with Crippen LogP contribution in [-0.4, -0.2) is 17.4 Å². The first-order valence-electron chi connectivity index (χ1n) is 5.62. The molecule has 1 aliphatic heterocycles. The standard InChI is InChI=1S/C13H14N2O2/c1-3-11(16)12-9(2)14-15(13(12)17)10-7-5-4-6-8-10/h4-8,12H,3H2,1-2H3/t12-/m0/s1. The van der Waals surface area contributed by atoms with E-state index in [4.69, 9.17) is 0 Å². The number of amides is 1. The Balaban J connectivity index is 2.31. The lowest BCUT2D eigenvalue weighted by molar-refractivity contribution is -0.128. The van der Waals surface area contributed by atoms with Gasteiger partial charge in [0.05, 0.1) is 11.4 Å². The Bertz CT molecular complexity index is 479. The number of benzene rings is 1. The molecule has 0 bridgehead atoms. The first-order chi connectivity index (χ1) is 8.15. The maximum Gasteiger partial charge on any atom is 0.263 e.